The van der Waals surface area contributed by atoms with Gasteiger partial charge in [0, 0.05) is 11.3 Å². The first kappa shape index (κ1) is 12.6. The normalized spacial score (nSPS) is 11.6. The number of nitrogens with zero attached hydrogens (tertiary/aromatic N) is 1. The lowest BCUT2D eigenvalue weighted by Crippen LogP contribution is -2.07. The van der Waals surface area contributed by atoms with Gasteiger partial charge in [-0.1, -0.05) is 17.8 Å². The number of nitrogens with two attached hydrogens (primary N) is 1. The van der Waals surface area contributed by atoms with Crippen LogP contribution in [-0.2, 0) is 5.75 Å². The van der Waals surface area contributed by atoms with Crippen molar-refractivity contribution in [2.24, 2.45) is 10.7 Å². The average molecular weight is 243 g/mol. The number of thioether (sulfide) groups is 1. The summed E-state index contributed by atoms with van der Waals surface area (Å²) in [5.41, 5.74) is 5.22. The van der Waals surface area contributed by atoms with Gasteiger partial charge in [0.1, 0.15) is 11.6 Å². The van der Waals surface area contributed by atoms with Gasteiger partial charge in [0.2, 0.25) is 0 Å². The van der Waals surface area contributed by atoms with Crippen molar-refractivity contribution in [2.45, 2.75) is 12.7 Å². The highest BCUT2D eigenvalue weighted by atomic mass is 32.2. The Bertz CT molecular complexity index is 408. The van der Waals surface area contributed by atoms with Crippen LogP contribution in [-0.4, -0.2) is 11.0 Å². The lowest BCUT2D eigenvalue weighted by atomic mass is 10.2. The van der Waals surface area contributed by atoms with E-state index in [0.717, 1.165) is 11.8 Å². The Balaban J connectivity index is 2.68. The molecular weight excluding hydrogens is 232 g/mol. The predicted molar refractivity (Wildman–Crippen MR) is 62.7 cm³/mol. The maximum absolute atomic E-state index is 13.2. The zero-order chi connectivity index (χ0) is 12.1. The highest BCUT2D eigenvalue weighted by Gasteiger charge is 2.09. The maximum Gasteiger partial charge on any atom is 0.182 e. The van der Waals surface area contributed by atoms with Gasteiger partial charge in [-0.25, -0.2) is 13.8 Å². The Morgan fingerprint density at radius 3 is 2.50 bits per heavy atom. The molecule has 1 rings (SSSR count). The average Bonchev–Trinajstić information content (AvgIpc) is 2.15. The lowest BCUT2D eigenvalue weighted by molar-refractivity contribution is 0.566. The van der Waals surface area contributed by atoms with Crippen LogP contribution < -0.4 is 5.73 Å². The van der Waals surface area contributed by atoms with E-state index >= 15 is 0 Å². The molecule has 0 atom stereocenters. The molecule has 0 aliphatic heterocycles. The fourth-order valence-corrected chi connectivity index (χ4v) is 1.77. The summed E-state index contributed by atoms with van der Waals surface area (Å²) in [5.74, 6) is -0.970. The molecule has 0 radical (unpaired) electrons. The third-order valence-corrected chi connectivity index (χ3v) is 2.49. The summed E-state index contributed by atoms with van der Waals surface area (Å²) < 4.78 is 26.4. The predicted octanol–water partition coefficient (Wildman–Crippen LogP) is 2.51. The van der Waals surface area contributed by atoms with E-state index in [2.05, 4.69) is 4.99 Å². The molecule has 1 aromatic rings. The van der Waals surface area contributed by atoms with Crippen LogP contribution in [0.4, 0.5) is 8.78 Å². The summed E-state index contributed by atoms with van der Waals surface area (Å²) in [7, 11) is 0. The summed E-state index contributed by atoms with van der Waals surface area (Å²) >= 11 is 0.922. The highest BCUT2D eigenvalue weighted by Crippen LogP contribution is 2.19. The molecule has 0 saturated carbocycles. The molecule has 0 fully saturated rings. The van der Waals surface area contributed by atoms with Crippen LogP contribution in [0.1, 0.15) is 12.5 Å². The van der Waals surface area contributed by atoms with Crippen LogP contribution in [0.25, 0.3) is 0 Å². The number of amidine groups is 2. The smallest absolute Gasteiger partial charge is 0.182 e. The largest absolute Gasteiger partial charge is 0.387 e. The van der Waals surface area contributed by atoms with Crippen molar-refractivity contribution < 1.29 is 8.78 Å². The molecule has 0 spiro atoms. The van der Waals surface area contributed by atoms with E-state index in [0.29, 0.717) is 0 Å². The van der Waals surface area contributed by atoms with Gasteiger partial charge in [-0.2, -0.15) is 0 Å². The summed E-state index contributed by atoms with van der Waals surface area (Å²) in [6.07, 6.45) is 0. The van der Waals surface area contributed by atoms with Crippen molar-refractivity contribution in [1.29, 1.82) is 5.41 Å². The van der Waals surface area contributed by atoms with Gasteiger partial charge in [-0.05, 0) is 19.1 Å². The number of aliphatic imine (C=N–C) groups is 1. The molecule has 0 amide bonds. The van der Waals surface area contributed by atoms with Gasteiger partial charge in [-0.15, -0.1) is 0 Å². The number of hydrogen-bond acceptors (Lipinski definition) is 2. The molecular formula is C10H11F2N3S. The van der Waals surface area contributed by atoms with Gasteiger partial charge in [0.25, 0.3) is 0 Å². The minimum absolute atomic E-state index is 0.0219. The molecule has 86 valence electrons. The molecule has 0 aliphatic carbocycles. The Labute approximate surface area is 96.3 Å². The molecule has 3 nitrogen and oxygen atoms in total. The Morgan fingerprint density at radius 1 is 1.44 bits per heavy atom. The van der Waals surface area contributed by atoms with E-state index in [1.807, 2.05) is 0 Å². The molecule has 0 aliphatic rings. The first-order valence-electron chi connectivity index (χ1n) is 4.45. The van der Waals surface area contributed by atoms with Crippen LogP contribution in [0.3, 0.4) is 0 Å². The van der Waals surface area contributed by atoms with Crippen molar-refractivity contribution in [1.82, 2.24) is 0 Å². The Morgan fingerprint density at radius 2 is 2.00 bits per heavy atom. The molecule has 3 N–H and O–H groups in total. The van der Waals surface area contributed by atoms with Crippen molar-refractivity contribution in [2.75, 3.05) is 0 Å². The molecule has 0 unspecified atom stereocenters. The molecule has 0 saturated heterocycles. The van der Waals surface area contributed by atoms with Crippen LogP contribution >= 0.6 is 11.8 Å². The van der Waals surface area contributed by atoms with Gasteiger partial charge in [0.15, 0.2) is 5.17 Å². The van der Waals surface area contributed by atoms with Crippen LogP contribution in [0.5, 0.6) is 0 Å². The molecule has 0 heterocycles. The summed E-state index contributed by atoms with van der Waals surface area (Å²) in [4.78, 5) is 3.65. The highest BCUT2D eigenvalue weighted by molar-refractivity contribution is 8.13. The van der Waals surface area contributed by atoms with E-state index in [1.54, 1.807) is 6.92 Å². The summed E-state index contributed by atoms with van der Waals surface area (Å²) in [6.45, 7) is 1.54. The van der Waals surface area contributed by atoms with Gasteiger partial charge in [0.05, 0.1) is 5.84 Å². The van der Waals surface area contributed by atoms with E-state index in [4.69, 9.17) is 11.1 Å². The SMILES string of the molecule is CC(N)=NC(=N)SCc1c(F)cccc1F. The summed E-state index contributed by atoms with van der Waals surface area (Å²) in [6, 6.07) is 3.66. The molecule has 1 aromatic carbocycles. The minimum atomic E-state index is -0.617. The van der Waals surface area contributed by atoms with Gasteiger partial charge >= 0.3 is 0 Å². The molecule has 0 bridgehead atoms. The zero-order valence-corrected chi connectivity index (χ0v) is 9.44. The Hall–Kier alpha value is -1.43. The third-order valence-electron chi connectivity index (χ3n) is 1.69. The van der Waals surface area contributed by atoms with Gasteiger partial charge in [-0.3, -0.25) is 5.41 Å². The first-order chi connectivity index (χ1) is 7.50. The third kappa shape index (κ3) is 3.62. The Kier molecular flexibility index (Phi) is 4.42. The zero-order valence-electron chi connectivity index (χ0n) is 8.63. The number of rotatable bonds is 2. The van der Waals surface area contributed by atoms with Crippen molar-refractivity contribution in [3.63, 3.8) is 0 Å². The van der Waals surface area contributed by atoms with Gasteiger partial charge < -0.3 is 5.73 Å². The quantitative estimate of drug-likeness (QED) is 0.619. The van der Waals surface area contributed by atoms with E-state index in [-0.39, 0.29) is 22.3 Å². The second-order valence-electron chi connectivity index (χ2n) is 3.05. The number of halogens is 2. The van der Waals surface area contributed by atoms with Crippen LogP contribution in [0, 0.1) is 17.0 Å². The number of benzene rings is 1. The summed E-state index contributed by atoms with van der Waals surface area (Å²) in [5, 5.41) is 7.29. The first-order valence-corrected chi connectivity index (χ1v) is 5.44. The lowest BCUT2D eigenvalue weighted by Gasteiger charge is -2.03. The second kappa shape index (κ2) is 5.60. The topological polar surface area (TPSA) is 62.2 Å². The number of hydrogen-bond donors (Lipinski definition) is 2. The van der Waals surface area contributed by atoms with Crippen LogP contribution in [0.2, 0.25) is 0 Å². The minimum Gasteiger partial charge on any atom is -0.387 e. The van der Waals surface area contributed by atoms with Crippen molar-refractivity contribution >= 4 is 22.8 Å². The van der Waals surface area contributed by atoms with E-state index < -0.39 is 11.6 Å². The van der Waals surface area contributed by atoms with Crippen molar-refractivity contribution in [3.05, 3.63) is 35.4 Å². The molecule has 16 heavy (non-hydrogen) atoms. The number of nitrogens with one attached hydrogen (secondary N) is 1. The van der Waals surface area contributed by atoms with E-state index in [9.17, 15) is 8.78 Å². The fraction of sp³-hybridized carbons (Fsp3) is 0.200. The monoisotopic (exact) mass is 243 g/mol. The molecule has 6 heteroatoms. The maximum atomic E-state index is 13.2. The standard InChI is InChI=1S/C10H11F2N3S/c1-6(13)15-10(14)16-5-7-8(11)3-2-4-9(7)12/h2-4H,5H2,1H3,(H3,13,14,15). The van der Waals surface area contributed by atoms with Crippen LogP contribution in [0.15, 0.2) is 23.2 Å². The molecule has 0 aromatic heterocycles. The fourth-order valence-electron chi connectivity index (χ4n) is 1.00. The van der Waals surface area contributed by atoms with Crippen molar-refractivity contribution in [3.8, 4) is 0 Å². The van der Waals surface area contributed by atoms with E-state index in [1.165, 1.54) is 18.2 Å². The second-order valence-corrected chi connectivity index (χ2v) is 4.01.